The van der Waals surface area contributed by atoms with Crippen molar-refractivity contribution in [1.82, 2.24) is 0 Å². The van der Waals surface area contributed by atoms with Crippen LogP contribution in [0.4, 0.5) is 5.69 Å². The molecule has 90 valence electrons. The molecule has 0 amide bonds. The molecule has 0 fully saturated rings. The van der Waals surface area contributed by atoms with Crippen molar-refractivity contribution in [2.24, 2.45) is 0 Å². The van der Waals surface area contributed by atoms with Crippen LogP contribution in [0.25, 0.3) is 0 Å². The zero-order valence-electron chi connectivity index (χ0n) is 9.71. The quantitative estimate of drug-likeness (QED) is 0.803. The standard InChI is InChI=1S/C15H13NO2/c17-14-11-8-4-5-9-12(11)16-13(15(14)18)10-6-2-1-3-7-10/h1-9,13-14,16-17H. The lowest BCUT2D eigenvalue weighted by Crippen LogP contribution is -2.31. The first-order chi connectivity index (χ1) is 8.77. The van der Waals surface area contributed by atoms with Crippen molar-refractivity contribution in [2.75, 3.05) is 5.32 Å². The van der Waals surface area contributed by atoms with Gasteiger partial charge in [-0.3, -0.25) is 4.79 Å². The number of para-hydroxylation sites is 1. The highest BCUT2D eigenvalue weighted by Gasteiger charge is 2.33. The lowest BCUT2D eigenvalue weighted by Gasteiger charge is -2.29. The SMILES string of the molecule is O=C1C(O)c2ccccc2NC1c1ccccc1. The second-order valence-corrected chi connectivity index (χ2v) is 4.38. The second kappa shape index (κ2) is 4.27. The van der Waals surface area contributed by atoms with Crippen molar-refractivity contribution in [3.05, 3.63) is 65.7 Å². The zero-order valence-corrected chi connectivity index (χ0v) is 9.71. The number of benzene rings is 2. The molecule has 2 aromatic rings. The normalized spacial score (nSPS) is 22.2. The summed E-state index contributed by atoms with van der Waals surface area (Å²) in [6.07, 6.45) is -1.05. The third-order valence-corrected chi connectivity index (χ3v) is 3.24. The predicted molar refractivity (Wildman–Crippen MR) is 69.2 cm³/mol. The number of hydrogen-bond acceptors (Lipinski definition) is 3. The number of aliphatic hydroxyl groups excluding tert-OH is 1. The minimum Gasteiger partial charge on any atom is -0.380 e. The Kier molecular flexibility index (Phi) is 2.61. The minimum absolute atomic E-state index is 0.208. The van der Waals surface area contributed by atoms with Crippen molar-refractivity contribution < 1.29 is 9.90 Å². The van der Waals surface area contributed by atoms with E-state index in [1.54, 1.807) is 6.07 Å². The molecule has 0 saturated carbocycles. The summed E-state index contributed by atoms with van der Waals surface area (Å²) in [7, 11) is 0. The number of fused-ring (bicyclic) bond motifs is 1. The van der Waals surface area contributed by atoms with Crippen LogP contribution in [0.5, 0.6) is 0 Å². The monoisotopic (exact) mass is 239 g/mol. The van der Waals surface area contributed by atoms with Crippen LogP contribution in [0.15, 0.2) is 54.6 Å². The van der Waals surface area contributed by atoms with E-state index in [1.165, 1.54) is 0 Å². The van der Waals surface area contributed by atoms with Gasteiger partial charge in [-0.15, -0.1) is 0 Å². The van der Waals surface area contributed by atoms with Gasteiger partial charge < -0.3 is 10.4 Å². The molecule has 2 N–H and O–H groups in total. The Hall–Kier alpha value is -2.13. The van der Waals surface area contributed by atoms with E-state index in [0.29, 0.717) is 5.56 Å². The molecule has 0 bridgehead atoms. The van der Waals surface area contributed by atoms with Crippen LogP contribution < -0.4 is 5.32 Å². The van der Waals surface area contributed by atoms with Crippen LogP contribution in [-0.2, 0) is 4.79 Å². The topological polar surface area (TPSA) is 49.3 Å². The van der Waals surface area contributed by atoms with Crippen molar-refractivity contribution in [2.45, 2.75) is 12.1 Å². The van der Waals surface area contributed by atoms with E-state index >= 15 is 0 Å². The summed E-state index contributed by atoms with van der Waals surface area (Å²) >= 11 is 0. The van der Waals surface area contributed by atoms with E-state index in [1.807, 2.05) is 48.5 Å². The highest BCUT2D eigenvalue weighted by molar-refractivity contribution is 5.96. The number of anilines is 1. The van der Waals surface area contributed by atoms with Crippen molar-refractivity contribution in [1.29, 1.82) is 0 Å². The maximum absolute atomic E-state index is 12.2. The number of Topliss-reactive ketones (excluding diaryl/α,β-unsaturated/α-hetero) is 1. The van der Waals surface area contributed by atoms with E-state index < -0.39 is 12.1 Å². The van der Waals surface area contributed by atoms with E-state index in [9.17, 15) is 9.90 Å². The first kappa shape index (κ1) is 11.0. The van der Waals surface area contributed by atoms with Gasteiger partial charge in [-0.05, 0) is 11.6 Å². The van der Waals surface area contributed by atoms with Crippen LogP contribution in [-0.4, -0.2) is 10.9 Å². The van der Waals surface area contributed by atoms with Gasteiger partial charge in [0.25, 0.3) is 0 Å². The Labute approximate surface area is 105 Å². The van der Waals surface area contributed by atoms with Gasteiger partial charge >= 0.3 is 0 Å². The Morgan fingerprint density at radius 1 is 0.944 bits per heavy atom. The van der Waals surface area contributed by atoms with Crippen LogP contribution in [0.2, 0.25) is 0 Å². The molecule has 2 atom stereocenters. The molecule has 0 aromatic heterocycles. The minimum atomic E-state index is -1.05. The molecular formula is C15H13NO2. The van der Waals surface area contributed by atoms with Gasteiger partial charge in [-0.25, -0.2) is 0 Å². The first-order valence-electron chi connectivity index (χ1n) is 5.89. The van der Waals surface area contributed by atoms with Crippen LogP contribution in [0, 0.1) is 0 Å². The summed E-state index contributed by atoms with van der Waals surface area (Å²) in [4.78, 5) is 12.2. The van der Waals surface area contributed by atoms with Gasteiger partial charge in [-0.2, -0.15) is 0 Å². The number of aliphatic hydroxyl groups is 1. The lowest BCUT2D eigenvalue weighted by atomic mass is 9.90. The molecule has 2 unspecified atom stereocenters. The molecule has 1 aliphatic heterocycles. The largest absolute Gasteiger partial charge is 0.380 e. The molecule has 0 spiro atoms. The molecule has 1 heterocycles. The lowest BCUT2D eigenvalue weighted by molar-refractivity contribution is -0.128. The Morgan fingerprint density at radius 3 is 2.39 bits per heavy atom. The molecule has 3 heteroatoms. The van der Waals surface area contributed by atoms with Crippen molar-refractivity contribution in [3.63, 3.8) is 0 Å². The molecule has 1 aliphatic rings. The van der Waals surface area contributed by atoms with Crippen LogP contribution >= 0.6 is 0 Å². The van der Waals surface area contributed by atoms with Gasteiger partial charge in [0.05, 0.1) is 0 Å². The second-order valence-electron chi connectivity index (χ2n) is 4.38. The van der Waals surface area contributed by atoms with Crippen LogP contribution in [0.1, 0.15) is 23.3 Å². The summed E-state index contributed by atoms with van der Waals surface area (Å²) in [5, 5.41) is 13.3. The Bertz CT molecular complexity index is 580. The van der Waals surface area contributed by atoms with Gasteiger partial charge in [0.15, 0.2) is 5.78 Å². The number of rotatable bonds is 1. The smallest absolute Gasteiger partial charge is 0.192 e. The fourth-order valence-electron chi connectivity index (χ4n) is 2.30. The zero-order chi connectivity index (χ0) is 12.5. The Balaban J connectivity index is 2.04. The third kappa shape index (κ3) is 1.69. The maximum atomic E-state index is 12.2. The Morgan fingerprint density at radius 2 is 1.61 bits per heavy atom. The molecule has 0 radical (unpaired) electrons. The van der Waals surface area contributed by atoms with Crippen molar-refractivity contribution in [3.8, 4) is 0 Å². The van der Waals surface area contributed by atoms with E-state index in [0.717, 1.165) is 11.3 Å². The fraction of sp³-hybridized carbons (Fsp3) is 0.133. The van der Waals surface area contributed by atoms with E-state index in [4.69, 9.17) is 0 Å². The summed E-state index contributed by atoms with van der Waals surface area (Å²) < 4.78 is 0. The first-order valence-corrected chi connectivity index (χ1v) is 5.89. The van der Waals surface area contributed by atoms with Gasteiger partial charge in [-0.1, -0.05) is 48.5 Å². The average molecular weight is 239 g/mol. The number of carbonyl (C=O) groups excluding carboxylic acids is 1. The number of ketones is 1. The molecule has 2 aromatic carbocycles. The summed E-state index contributed by atoms with van der Waals surface area (Å²) in [6, 6.07) is 16.3. The third-order valence-electron chi connectivity index (χ3n) is 3.24. The molecular weight excluding hydrogens is 226 g/mol. The molecule has 3 nitrogen and oxygen atoms in total. The summed E-state index contributed by atoms with van der Waals surface area (Å²) in [5.74, 6) is -0.208. The van der Waals surface area contributed by atoms with Gasteiger partial charge in [0, 0.05) is 11.3 Å². The highest BCUT2D eigenvalue weighted by Crippen LogP contribution is 2.35. The maximum Gasteiger partial charge on any atom is 0.192 e. The predicted octanol–water partition coefficient (Wildman–Crippen LogP) is 2.46. The number of carbonyl (C=O) groups is 1. The summed E-state index contributed by atoms with van der Waals surface area (Å²) in [6.45, 7) is 0. The molecule has 0 saturated heterocycles. The molecule has 18 heavy (non-hydrogen) atoms. The number of nitrogens with one attached hydrogen (secondary N) is 1. The van der Waals surface area contributed by atoms with Crippen molar-refractivity contribution >= 4 is 11.5 Å². The van der Waals surface area contributed by atoms with E-state index in [-0.39, 0.29) is 5.78 Å². The highest BCUT2D eigenvalue weighted by atomic mass is 16.3. The molecule has 0 aliphatic carbocycles. The number of hydrogen-bond donors (Lipinski definition) is 2. The fourth-order valence-corrected chi connectivity index (χ4v) is 2.30. The van der Waals surface area contributed by atoms with Gasteiger partial charge in [0.2, 0.25) is 0 Å². The summed E-state index contributed by atoms with van der Waals surface area (Å²) in [5.41, 5.74) is 2.34. The average Bonchev–Trinajstić information content (AvgIpc) is 2.44. The molecule has 3 rings (SSSR count). The van der Waals surface area contributed by atoms with E-state index in [2.05, 4.69) is 5.32 Å². The van der Waals surface area contributed by atoms with Gasteiger partial charge in [0.1, 0.15) is 12.1 Å². The van der Waals surface area contributed by atoms with Crippen LogP contribution in [0.3, 0.4) is 0 Å².